The second kappa shape index (κ2) is 4.07. The number of rotatable bonds is 2. The maximum Gasteiger partial charge on any atom is 0.129 e. The second-order valence-electron chi connectivity index (χ2n) is 4.06. The van der Waals surface area contributed by atoms with E-state index in [1.807, 2.05) is 0 Å². The van der Waals surface area contributed by atoms with Crippen molar-refractivity contribution in [3.63, 3.8) is 0 Å². The fraction of sp³-hybridized carbons (Fsp3) is 0.154. The molecule has 1 heterocycles. The molecule has 17 heavy (non-hydrogen) atoms. The third-order valence-corrected chi connectivity index (χ3v) is 2.79. The minimum Gasteiger partial charge on any atom is -0.508 e. The van der Waals surface area contributed by atoms with E-state index in [0.29, 0.717) is 16.9 Å². The van der Waals surface area contributed by atoms with Crippen LogP contribution in [0.15, 0.2) is 42.6 Å². The molecule has 1 aromatic carbocycles. The van der Waals surface area contributed by atoms with Crippen molar-refractivity contribution in [2.45, 2.75) is 12.5 Å². The van der Waals surface area contributed by atoms with Gasteiger partial charge in [0.05, 0.1) is 0 Å². The number of nitrogen functional groups attached to an aromatic ring is 1. The molecule has 0 saturated heterocycles. The Balaban J connectivity index is 2.49. The largest absolute Gasteiger partial charge is 0.508 e. The number of hydrogen-bond acceptors (Lipinski definition) is 4. The molecule has 88 valence electrons. The van der Waals surface area contributed by atoms with Crippen molar-refractivity contribution in [2.75, 3.05) is 5.73 Å². The summed E-state index contributed by atoms with van der Waals surface area (Å²) in [5.74, 6) is 0.453. The summed E-state index contributed by atoms with van der Waals surface area (Å²) in [6.07, 6.45) is 1.58. The SMILES string of the molecule is CC(O)(c1ccc(O)cc1)c1cccnc1N. The third-order valence-electron chi connectivity index (χ3n) is 2.79. The smallest absolute Gasteiger partial charge is 0.129 e. The van der Waals surface area contributed by atoms with Crippen LogP contribution in [0.3, 0.4) is 0 Å². The average molecular weight is 230 g/mol. The quantitative estimate of drug-likeness (QED) is 0.732. The number of hydrogen-bond donors (Lipinski definition) is 3. The van der Waals surface area contributed by atoms with Crippen LogP contribution in [0.25, 0.3) is 0 Å². The minimum atomic E-state index is -1.23. The standard InChI is InChI=1S/C13H14N2O2/c1-13(17,9-4-6-10(16)7-5-9)11-3-2-8-15-12(11)14/h2-8,16-17H,1H3,(H2,14,15). The van der Waals surface area contributed by atoms with Crippen LogP contribution >= 0.6 is 0 Å². The van der Waals surface area contributed by atoms with Crippen LogP contribution in [0.4, 0.5) is 5.82 Å². The second-order valence-corrected chi connectivity index (χ2v) is 4.06. The summed E-state index contributed by atoms with van der Waals surface area (Å²) >= 11 is 0. The average Bonchev–Trinajstić information content (AvgIpc) is 2.30. The van der Waals surface area contributed by atoms with E-state index in [4.69, 9.17) is 5.73 Å². The van der Waals surface area contributed by atoms with Crippen molar-refractivity contribution in [2.24, 2.45) is 0 Å². The number of benzene rings is 1. The Bertz CT molecular complexity index is 521. The molecule has 1 aromatic heterocycles. The van der Waals surface area contributed by atoms with Gasteiger partial charge in [-0.15, -0.1) is 0 Å². The zero-order valence-electron chi connectivity index (χ0n) is 9.46. The van der Waals surface area contributed by atoms with Gasteiger partial charge < -0.3 is 15.9 Å². The van der Waals surface area contributed by atoms with Crippen molar-refractivity contribution < 1.29 is 10.2 Å². The molecule has 0 aliphatic heterocycles. The molecule has 0 aliphatic carbocycles. The van der Waals surface area contributed by atoms with Crippen molar-refractivity contribution in [3.05, 3.63) is 53.7 Å². The lowest BCUT2D eigenvalue weighted by Crippen LogP contribution is -2.24. The van der Waals surface area contributed by atoms with Gasteiger partial charge in [0, 0.05) is 11.8 Å². The zero-order chi connectivity index (χ0) is 12.5. The van der Waals surface area contributed by atoms with E-state index in [9.17, 15) is 10.2 Å². The Morgan fingerprint density at radius 2 is 1.82 bits per heavy atom. The van der Waals surface area contributed by atoms with E-state index >= 15 is 0 Å². The summed E-state index contributed by atoms with van der Waals surface area (Å²) in [6.45, 7) is 1.65. The molecule has 0 amide bonds. The third kappa shape index (κ3) is 2.07. The van der Waals surface area contributed by atoms with Crippen LogP contribution in [0.2, 0.25) is 0 Å². The lowest BCUT2D eigenvalue weighted by Gasteiger charge is -2.25. The summed E-state index contributed by atoms with van der Waals surface area (Å²) in [7, 11) is 0. The molecule has 4 heteroatoms. The van der Waals surface area contributed by atoms with E-state index in [-0.39, 0.29) is 5.75 Å². The van der Waals surface area contributed by atoms with Crippen LogP contribution in [0.1, 0.15) is 18.1 Å². The molecule has 1 unspecified atom stereocenters. The summed E-state index contributed by atoms with van der Waals surface area (Å²) in [5.41, 5.74) is 5.72. The van der Waals surface area contributed by atoms with E-state index < -0.39 is 5.60 Å². The zero-order valence-corrected chi connectivity index (χ0v) is 9.46. The van der Waals surface area contributed by atoms with Crippen LogP contribution in [-0.4, -0.2) is 15.2 Å². The van der Waals surface area contributed by atoms with Crippen molar-refractivity contribution in [1.29, 1.82) is 0 Å². The van der Waals surface area contributed by atoms with Crippen molar-refractivity contribution in [3.8, 4) is 5.75 Å². The van der Waals surface area contributed by atoms with E-state index in [2.05, 4.69) is 4.98 Å². The molecule has 0 aliphatic rings. The van der Waals surface area contributed by atoms with Crippen LogP contribution in [0.5, 0.6) is 5.75 Å². The molecular weight excluding hydrogens is 216 g/mol. The van der Waals surface area contributed by atoms with E-state index in [1.165, 1.54) is 12.1 Å². The van der Waals surface area contributed by atoms with Gasteiger partial charge in [-0.1, -0.05) is 18.2 Å². The number of aromatic hydroxyl groups is 1. The Kier molecular flexibility index (Phi) is 2.73. The van der Waals surface area contributed by atoms with Gasteiger partial charge in [0.25, 0.3) is 0 Å². The fourth-order valence-electron chi connectivity index (χ4n) is 1.77. The molecule has 0 radical (unpaired) electrons. The summed E-state index contributed by atoms with van der Waals surface area (Å²) < 4.78 is 0. The minimum absolute atomic E-state index is 0.156. The lowest BCUT2D eigenvalue weighted by atomic mass is 9.88. The number of pyridine rings is 1. The number of phenolic OH excluding ortho intramolecular Hbond substituents is 1. The first-order valence-corrected chi connectivity index (χ1v) is 5.24. The maximum absolute atomic E-state index is 10.5. The number of phenols is 1. The van der Waals surface area contributed by atoms with Crippen molar-refractivity contribution in [1.82, 2.24) is 4.98 Å². The molecule has 0 fully saturated rings. The number of aromatic nitrogens is 1. The Hall–Kier alpha value is -2.07. The number of nitrogens with two attached hydrogens (primary N) is 1. The highest BCUT2D eigenvalue weighted by Crippen LogP contribution is 2.32. The molecule has 0 bridgehead atoms. The first-order chi connectivity index (χ1) is 8.01. The molecule has 2 aromatic rings. The predicted molar refractivity (Wildman–Crippen MR) is 65.4 cm³/mol. The van der Waals surface area contributed by atoms with E-state index in [1.54, 1.807) is 37.4 Å². The molecule has 4 N–H and O–H groups in total. The molecule has 4 nitrogen and oxygen atoms in total. The fourth-order valence-corrected chi connectivity index (χ4v) is 1.77. The highest BCUT2D eigenvalue weighted by atomic mass is 16.3. The molecule has 2 rings (SSSR count). The lowest BCUT2D eigenvalue weighted by molar-refractivity contribution is 0.103. The normalized spacial score (nSPS) is 14.2. The Morgan fingerprint density at radius 1 is 1.18 bits per heavy atom. The number of aliphatic hydroxyl groups is 1. The van der Waals surface area contributed by atoms with Gasteiger partial charge in [0.1, 0.15) is 17.2 Å². The number of nitrogens with zero attached hydrogens (tertiary/aromatic N) is 1. The molecular formula is C13H14N2O2. The van der Waals surface area contributed by atoms with Gasteiger partial charge in [-0.2, -0.15) is 0 Å². The van der Waals surface area contributed by atoms with Gasteiger partial charge in [-0.3, -0.25) is 0 Å². The first-order valence-electron chi connectivity index (χ1n) is 5.24. The highest BCUT2D eigenvalue weighted by Gasteiger charge is 2.28. The Labute approximate surface area is 99.4 Å². The summed E-state index contributed by atoms with van der Waals surface area (Å²) in [6, 6.07) is 9.81. The maximum atomic E-state index is 10.5. The number of anilines is 1. The molecule has 1 atom stereocenters. The highest BCUT2D eigenvalue weighted by molar-refractivity contribution is 5.48. The van der Waals surface area contributed by atoms with Crippen LogP contribution in [0, 0.1) is 0 Å². The molecule has 0 saturated carbocycles. The van der Waals surface area contributed by atoms with E-state index in [0.717, 1.165) is 0 Å². The van der Waals surface area contributed by atoms with Crippen molar-refractivity contribution >= 4 is 5.82 Å². The van der Waals surface area contributed by atoms with Gasteiger partial charge in [-0.05, 0) is 30.7 Å². The summed E-state index contributed by atoms with van der Waals surface area (Å²) in [4.78, 5) is 3.96. The monoisotopic (exact) mass is 230 g/mol. The van der Waals surface area contributed by atoms with Crippen LogP contribution in [-0.2, 0) is 5.60 Å². The summed E-state index contributed by atoms with van der Waals surface area (Å²) in [5, 5.41) is 19.8. The predicted octanol–water partition coefficient (Wildman–Crippen LogP) is 1.63. The van der Waals surface area contributed by atoms with Gasteiger partial charge in [-0.25, -0.2) is 4.98 Å². The molecule has 0 spiro atoms. The first kappa shape index (κ1) is 11.4. The van der Waals surface area contributed by atoms with Gasteiger partial charge >= 0.3 is 0 Å². The Morgan fingerprint density at radius 3 is 2.41 bits per heavy atom. The van der Waals surface area contributed by atoms with Gasteiger partial charge in [0.2, 0.25) is 0 Å². The van der Waals surface area contributed by atoms with Crippen LogP contribution < -0.4 is 5.73 Å². The van der Waals surface area contributed by atoms with Gasteiger partial charge in [0.15, 0.2) is 0 Å². The topological polar surface area (TPSA) is 79.4 Å².